The molecule has 8 heteroatoms. The lowest BCUT2D eigenvalue weighted by molar-refractivity contribution is 0.0953. The maximum Gasteiger partial charge on any atom is 0.251 e. The minimum absolute atomic E-state index is 0. The molecule has 6 nitrogen and oxygen atoms in total. The van der Waals surface area contributed by atoms with E-state index in [1.807, 2.05) is 26.0 Å². The van der Waals surface area contributed by atoms with E-state index in [1.165, 1.54) is 0 Å². The number of amides is 1. The Bertz CT molecular complexity index is 529. The van der Waals surface area contributed by atoms with E-state index in [2.05, 4.69) is 36.9 Å². The van der Waals surface area contributed by atoms with Gasteiger partial charge < -0.3 is 20.7 Å². The van der Waals surface area contributed by atoms with Gasteiger partial charge in [0, 0.05) is 42.8 Å². The first kappa shape index (κ1) is 24.1. The highest BCUT2D eigenvalue weighted by molar-refractivity contribution is 14.0. The van der Waals surface area contributed by atoms with Crippen LogP contribution < -0.4 is 16.0 Å². The lowest BCUT2D eigenvalue weighted by Gasteiger charge is -2.11. The van der Waals surface area contributed by atoms with E-state index in [0.29, 0.717) is 31.9 Å². The summed E-state index contributed by atoms with van der Waals surface area (Å²) in [7, 11) is 0. The molecule has 1 rings (SSSR count). The molecule has 0 atom stereocenters. The number of aliphatic imine (C=N–C) groups is 1. The van der Waals surface area contributed by atoms with Crippen molar-refractivity contribution in [3.05, 3.63) is 34.3 Å². The summed E-state index contributed by atoms with van der Waals surface area (Å²) in [6.07, 6.45) is 0.780. The minimum Gasteiger partial charge on any atom is -0.380 e. The molecule has 1 aromatic rings. The summed E-state index contributed by atoms with van der Waals surface area (Å²) < 4.78 is 6.18. The second kappa shape index (κ2) is 15.4. The predicted octanol–water partition coefficient (Wildman–Crippen LogP) is 2.78. The minimum atomic E-state index is -0.0676. The van der Waals surface area contributed by atoms with Crippen LogP contribution in [0.15, 0.2) is 33.7 Å². The number of hydrogen-bond donors (Lipinski definition) is 3. The van der Waals surface area contributed by atoms with Gasteiger partial charge in [0.05, 0.1) is 6.61 Å². The summed E-state index contributed by atoms with van der Waals surface area (Å²) in [5, 5.41) is 9.29. The number of halogens is 2. The SMILES string of the molecule is CCNC(=NCCCNC(=O)c1cccc(Br)c1)NCCOCC.I. The monoisotopic (exact) mass is 526 g/mol. The highest BCUT2D eigenvalue weighted by atomic mass is 127. The third-order valence-corrected chi connectivity index (χ3v) is 3.56. The van der Waals surface area contributed by atoms with Crippen LogP contribution in [-0.2, 0) is 4.74 Å². The van der Waals surface area contributed by atoms with Crippen LogP contribution in [-0.4, -0.2) is 51.3 Å². The van der Waals surface area contributed by atoms with Crippen molar-refractivity contribution in [3.63, 3.8) is 0 Å². The van der Waals surface area contributed by atoms with Crippen molar-refractivity contribution in [2.75, 3.05) is 39.4 Å². The molecule has 0 saturated heterocycles. The van der Waals surface area contributed by atoms with Crippen LogP contribution in [0, 0.1) is 0 Å². The van der Waals surface area contributed by atoms with E-state index in [-0.39, 0.29) is 29.9 Å². The van der Waals surface area contributed by atoms with Crippen LogP contribution in [0.4, 0.5) is 0 Å². The van der Waals surface area contributed by atoms with Crippen LogP contribution in [0.1, 0.15) is 30.6 Å². The molecule has 0 spiro atoms. The fourth-order valence-electron chi connectivity index (χ4n) is 1.93. The molecule has 0 bridgehead atoms. The zero-order valence-electron chi connectivity index (χ0n) is 14.8. The Kier molecular flexibility index (Phi) is 14.9. The summed E-state index contributed by atoms with van der Waals surface area (Å²) in [6, 6.07) is 7.34. The number of hydrogen-bond acceptors (Lipinski definition) is 3. The predicted molar refractivity (Wildman–Crippen MR) is 117 cm³/mol. The molecule has 0 fully saturated rings. The van der Waals surface area contributed by atoms with Crippen molar-refractivity contribution in [2.24, 2.45) is 4.99 Å². The van der Waals surface area contributed by atoms with Gasteiger partial charge >= 0.3 is 0 Å². The Morgan fingerprint density at radius 2 is 2.00 bits per heavy atom. The van der Waals surface area contributed by atoms with Gasteiger partial charge in [0.15, 0.2) is 5.96 Å². The molecule has 0 radical (unpaired) electrons. The summed E-state index contributed by atoms with van der Waals surface area (Å²) in [5.41, 5.74) is 0.652. The van der Waals surface area contributed by atoms with Crippen molar-refractivity contribution in [2.45, 2.75) is 20.3 Å². The number of nitrogens with zero attached hydrogens (tertiary/aromatic N) is 1. The second-order valence-electron chi connectivity index (χ2n) is 5.00. The summed E-state index contributed by atoms with van der Waals surface area (Å²) in [6.45, 7) is 8.13. The lowest BCUT2D eigenvalue weighted by Crippen LogP contribution is -2.39. The van der Waals surface area contributed by atoms with Gasteiger partial charge in [0.2, 0.25) is 0 Å². The normalized spacial score (nSPS) is 10.8. The van der Waals surface area contributed by atoms with Crippen LogP contribution >= 0.6 is 39.9 Å². The largest absolute Gasteiger partial charge is 0.380 e. The lowest BCUT2D eigenvalue weighted by atomic mass is 10.2. The van der Waals surface area contributed by atoms with Gasteiger partial charge in [0.25, 0.3) is 5.91 Å². The quantitative estimate of drug-likeness (QED) is 0.190. The standard InChI is InChI=1S/C17H27BrN4O2.HI/c1-3-19-17(22-11-12-24-4-2)21-10-6-9-20-16(23)14-7-5-8-15(18)13-14;/h5,7-8,13H,3-4,6,9-12H2,1-2H3,(H,20,23)(H2,19,21,22);1H. The first-order valence-electron chi connectivity index (χ1n) is 8.31. The van der Waals surface area contributed by atoms with Crippen molar-refractivity contribution in [3.8, 4) is 0 Å². The van der Waals surface area contributed by atoms with Crippen LogP contribution in [0.3, 0.4) is 0 Å². The second-order valence-corrected chi connectivity index (χ2v) is 5.92. The molecule has 1 aromatic carbocycles. The highest BCUT2D eigenvalue weighted by Crippen LogP contribution is 2.11. The third-order valence-electron chi connectivity index (χ3n) is 3.06. The molecule has 25 heavy (non-hydrogen) atoms. The molecule has 0 aromatic heterocycles. The molecule has 0 aliphatic rings. The number of ether oxygens (including phenoxy) is 1. The molecular formula is C17H28BrIN4O2. The maximum atomic E-state index is 12.0. The maximum absolute atomic E-state index is 12.0. The van der Waals surface area contributed by atoms with Gasteiger partial charge in [-0.2, -0.15) is 0 Å². The Hall–Kier alpha value is -0.870. The van der Waals surface area contributed by atoms with Crippen molar-refractivity contribution in [1.29, 1.82) is 0 Å². The van der Waals surface area contributed by atoms with Crippen molar-refractivity contribution in [1.82, 2.24) is 16.0 Å². The number of carbonyl (C=O) groups excluding carboxylic acids is 1. The zero-order chi connectivity index (χ0) is 17.6. The number of nitrogens with one attached hydrogen (secondary N) is 3. The van der Waals surface area contributed by atoms with Crippen LogP contribution in [0.5, 0.6) is 0 Å². The molecule has 3 N–H and O–H groups in total. The average molecular weight is 527 g/mol. The van der Waals surface area contributed by atoms with Gasteiger partial charge in [-0.1, -0.05) is 22.0 Å². The van der Waals surface area contributed by atoms with E-state index >= 15 is 0 Å². The molecule has 0 saturated carbocycles. The topological polar surface area (TPSA) is 74.8 Å². The Balaban J connectivity index is 0.00000576. The average Bonchev–Trinajstić information content (AvgIpc) is 2.58. The first-order valence-corrected chi connectivity index (χ1v) is 9.10. The molecule has 0 unspecified atom stereocenters. The zero-order valence-corrected chi connectivity index (χ0v) is 18.7. The Labute approximate surface area is 175 Å². The van der Waals surface area contributed by atoms with E-state index < -0.39 is 0 Å². The van der Waals surface area contributed by atoms with Gasteiger partial charge in [-0.05, 0) is 38.5 Å². The number of carbonyl (C=O) groups is 1. The Morgan fingerprint density at radius 1 is 1.20 bits per heavy atom. The van der Waals surface area contributed by atoms with Gasteiger partial charge in [0.1, 0.15) is 0 Å². The molecule has 142 valence electrons. The number of benzene rings is 1. The summed E-state index contributed by atoms with van der Waals surface area (Å²) >= 11 is 3.36. The molecule has 1 amide bonds. The van der Waals surface area contributed by atoms with E-state index in [4.69, 9.17) is 4.74 Å². The molecule has 0 heterocycles. The van der Waals surface area contributed by atoms with Gasteiger partial charge in [-0.25, -0.2) is 0 Å². The third kappa shape index (κ3) is 11.4. The van der Waals surface area contributed by atoms with Crippen LogP contribution in [0.25, 0.3) is 0 Å². The summed E-state index contributed by atoms with van der Waals surface area (Å²) in [4.78, 5) is 16.5. The fourth-order valence-corrected chi connectivity index (χ4v) is 2.33. The first-order chi connectivity index (χ1) is 11.7. The van der Waals surface area contributed by atoms with E-state index in [1.54, 1.807) is 12.1 Å². The molecular weight excluding hydrogens is 499 g/mol. The Morgan fingerprint density at radius 3 is 2.68 bits per heavy atom. The highest BCUT2D eigenvalue weighted by Gasteiger charge is 2.04. The van der Waals surface area contributed by atoms with Gasteiger partial charge in [-0.3, -0.25) is 9.79 Å². The smallest absolute Gasteiger partial charge is 0.251 e. The summed E-state index contributed by atoms with van der Waals surface area (Å²) in [5.74, 6) is 0.706. The molecule has 0 aliphatic heterocycles. The van der Waals surface area contributed by atoms with Crippen LogP contribution in [0.2, 0.25) is 0 Å². The fraction of sp³-hybridized carbons (Fsp3) is 0.529. The van der Waals surface area contributed by atoms with E-state index in [0.717, 1.165) is 29.9 Å². The van der Waals surface area contributed by atoms with E-state index in [9.17, 15) is 4.79 Å². The van der Waals surface area contributed by atoms with Crippen molar-refractivity contribution < 1.29 is 9.53 Å². The van der Waals surface area contributed by atoms with Gasteiger partial charge in [-0.15, -0.1) is 24.0 Å². The number of rotatable bonds is 10. The molecule has 0 aliphatic carbocycles. The van der Waals surface area contributed by atoms with Crippen molar-refractivity contribution >= 4 is 51.8 Å². The number of guanidine groups is 1.